The summed E-state index contributed by atoms with van der Waals surface area (Å²) in [5, 5.41) is 10.1. The van der Waals surface area contributed by atoms with Gasteiger partial charge < -0.3 is 5.32 Å². The highest BCUT2D eigenvalue weighted by atomic mass is 15.2. The van der Waals surface area contributed by atoms with Crippen LogP contribution in [-0.4, -0.2) is 46.3 Å². The summed E-state index contributed by atoms with van der Waals surface area (Å²) in [6.45, 7) is 3.15. The minimum atomic E-state index is 0.693. The van der Waals surface area contributed by atoms with Gasteiger partial charge in [-0.05, 0) is 19.9 Å². The first-order valence-electron chi connectivity index (χ1n) is 5.13. The van der Waals surface area contributed by atoms with Gasteiger partial charge in [-0.1, -0.05) is 0 Å². The van der Waals surface area contributed by atoms with Crippen LogP contribution in [0, 0.1) is 0 Å². The molecule has 0 bridgehead atoms. The van der Waals surface area contributed by atoms with Gasteiger partial charge in [0.25, 0.3) is 0 Å². The number of rotatable bonds is 3. The van der Waals surface area contributed by atoms with Crippen molar-refractivity contribution in [3.8, 4) is 0 Å². The molecule has 0 atom stereocenters. The third kappa shape index (κ3) is 2.30. The van der Waals surface area contributed by atoms with Crippen LogP contribution >= 0.6 is 0 Å². The monoisotopic (exact) mass is 195 g/mol. The Bertz CT molecular complexity index is 250. The maximum atomic E-state index is 4.13. The number of aromatic nitrogens is 3. The fraction of sp³-hybridized carbons (Fsp3) is 0.778. The highest BCUT2D eigenvalue weighted by Gasteiger charge is 2.18. The third-order valence-electron chi connectivity index (χ3n) is 2.83. The number of likely N-dealkylation sites (tertiary alicyclic amines) is 1. The van der Waals surface area contributed by atoms with Crippen molar-refractivity contribution in [3.05, 3.63) is 12.2 Å². The van der Waals surface area contributed by atoms with Crippen molar-refractivity contribution in [1.82, 2.24) is 25.4 Å². The Labute approximate surface area is 83.9 Å². The quantitative estimate of drug-likeness (QED) is 0.712. The van der Waals surface area contributed by atoms with E-state index in [1.807, 2.05) is 7.05 Å². The van der Waals surface area contributed by atoms with Gasteiger partial charge in [0.15, 0.2) is 5.82 Å². The molecule has 1 aliphatic rings. The lowest BCUT2D eigenvalue weighted by Gasteiger charge is -2.30. The van der Waals surface area contributed by atoms with Crippen LogP contribution in [0.3, 0.4) is 0 Å². The Morgan fingerprint density at radius 3 is 2.93 bits per heavy atom. The molecule has 14 heavy (non-hydrogen) atoms. The number of hydrogen-bond acceptors (Lipinski definition) is 4. The van der Waals surface area contributed by atoms with Crippen LogP contribution in [0.5, 0.6) is 0 Å². The molecule has 5 nitrogen and oxygen atoms in total. The van der Waals surface area contributed by atoms with Crippen LogP contribution in [0.25, 0.3) is 0 Å². The van der Waals surface area contributed by atoms with Crippen LogP contribution in [0.1, 0.15) is 18.7 Å². The molecular formula is C9H17N5. The molecule has 1 aromatic rings. The van der Waals surface area contributed by atoms with Gasteiger partial charge in [0.1, 0.15) is 6.33 Å². The molecule has 0 unspecified atom stereocenters. The SMILES string of the molecule is CNC1CCN(Cc2nc[nH]n2)CC1. The van der Waals surface area contributed by atoms with Gasteiger partial charge in [-0.3, -0.25) is 10.00 Å². The molecule has 2 rings (SSSR count). The van der Waals surface area contributed by atoms with E-state index in [1.165, 1.54) is 12.8 Å². The van der Waals surface area contributed by atoms with Gasteiger partial charge in [0.05, 0.1) is 6.54 Å². The first kappa shape index (κ1) is 9.61. The number of nitrogens with one attached hydrogen (secondary N) is 2. The molecule has 0 amide bonds. The van der Waals surface area contributed by atoms with Crippen molar-refractivity contribution in [2.45, 2.75) is 25.4 Å². The molecule has 0 aromatic carbocycles. The second kappa shape index (κ2) is 4.52. The molecule has 0 spiro atoms. The highest BCUT2D eigenvalue weighted by Crippen LogP contribution is 2.11. The Morgan fingerprint density at radius 2 is 2.36 bits per heavy atom. The summed E-state index contributed by atoms with van der Waals surface area (Å²) < 4.78 is 0. The maximum absolute atomic E-state index is 4.13. The standard InChI is InChI=1S/C9H17N5/c1-10-8-2-4-14(5-3-8)6-9-11-7-12-13-9/h7-8,10H,2-6H2,1H3,(H,11,12,13). The van der Waals surface area contributed by atoms with Gasteiger partial charge in [0.2, 0.25) is 0 Å². The normalized spacial score (nSPS) is 20.1. The van der Waals surface area contributed by atoms with Gasteiger partial charge in [0, 0.05) is 19.1 Å². The lowest BCUT2D eigenvalue weighted by atomic mass is 10.1. The minimum absolute atomic E-state index is 0.693. The van der Waals surface area contributed by atoms with E-state index < -0.39 is 0 Å². The van der Waals surface area contributed by atoms with E-state index in [4.69, 9.17) is 0 Å². The number of H-pyrrole nitrogens is 1. The maximum Gasteiger partial charge on any atom is 0.164 e. The van der Waals surface area contributed by atoms with Crippen LogP contribution in [0.4, 0.5) is 0 Å². The molecule has 78 valence electrons. The predicted molar refractivity (Wildman–Crippen MR) is 53.7 cm³/mol. The molecule has 1 saturated heterocycles. The second-order valence-electron chi connectivity index (χ2n) is 3.75. The summed E-state index contributed by atoms with van der Waals surface area (Å²) in [6, 6.07) is 0.693. The Hall–Kier alpha value is -0.940. The van der Waals surface area contributed by atoms with Crippen molar-refractivity contribution in [2.75, 3.05) is 20.1 Å². The summed E-state index contributed by atoms with van der Waals surface area (Å²) in [4.78, 5) is 6.53. The van der Waals surface area contributed by atoms with E-state index in [2.05, 4.69) is 25.4 Å². The number of nitrogens with zero attached hydrogens (tertiary/aromatic N) is 3. The zero-order valence-electron chi connectivity index (χ0n) is 8.53. The molecular weight excluding hydrogens is 178 g/mol. The predicted octanol–water partition coefficient (Wildman–Crippen LogP) is -0.0115. The first-order valence-corrected chi connectivity index (χ1v) is 5.13. The zero-order chi connectivity index (χ0) is 9.80. The molecule has 5 heteroatoms. The van der Waals surface area contributed by atoms with E-state index in [0.717, 1.165) is 25.5 Å². The summed E-state index contributed by atoms with van der Waals surface area (Å²) >= 11 is 0. The van der Waals surface area contributed by atoms with Crippen molar-refractivity contribution in [1.29, 1.82) is 0 Å². The Kier molecular flexibility index (Phi) is 3.10. The van der Waals surface area contributed by atoms with Crippen LogP contribution in [0.15, 0.2) is 6.33 Å². The largest absolute Gasteiger partial charge is 0.317 e. The number of hydrogen-bond donors (Lipinski definition) is 2. The fourth-order valence-electron chi connectivity index (χ4n) is 1.89. The zero-order valence-corrected chi connectivity index (χ0v) is 8.53. The molecule has 0 aliphatic carbocycles. The van der Waals surface area contributed by atoms with Gasteiger partial charge in [-0.2, -0.15) is 5.10 Å². The van der Waals surface area contributed by atoms with Crippen LogP contribution in [-0.2, 0) is 6.54 Å². The summed E-state index contributed by atoms with van der Waals surface area (Å²) in [5.74, 6) is 0.896. The summed E-state index contributed by atoms with van der Waals surface area (Å²) in [6.07, 6.45) is 4.08. The summed E-state index contributed by atoms with van der Waals surface area (Å²) in [5.41, 5.74) is 0. The molecule has 2 N–H and O–H groups in total. The molecule has 0 radical (unpaired) electrons. The minimum Gasteiger partial charge on any atom is -0.317 e. The molecule has 1 aliphatic heterocycles. The lowest BCUT2D eigenvalue weighted by Crippen LogP contribution is -2.40. The van der Waals surface area contributed by atoms with E-state index in [9.17, 15) is 0 Å². The van der Waals surface area contributed by atoms with Crippen LogP contribution < -0.4 is 5.32 Å². The first-order chi connectivity index (χ1) is 6.88. The van der Waals surface area contributed by atoms with E-state index in [1.54, 1.807) is 6.33 Å². The van der Waals surface area contributed by atoms with Crippen molar-refractivity contribution < 1.29 is 0 Å². The van der Waals surface area contributed by atoms with E-state index in [0.29, 0.717) is 6.04 Å². The summed E-state index contributed by atoms with van der Waals surface area (Å²) in [7, 11) is 2.04. The van der Waals surface area contributed by atoms with E-state index >= 15 is 0 Å². The van der Waals surface area contributed by atoms with E-state index in [-0.39, 0.29) is 0 Å². The number of piperidine rings is 1. The Balaban J connectivity index is 1.79. The average molecular weight is 195 g/mol. The molecule has 1 fully saturated rings. The number of aromatic amines is 1. The van der Waals surface area contributed by atoms with Crippen molar-refractivity contribution >= 4 is 0 Å². The van der Waals surface area contributed by atoms with Crippen molar-refractivity contribution in [3.63, 3.8) is 0 Å². The average Bonchev–Trinajstić information content (AvgIpc) is 2.72. The molecule has 1 aromatic heterocycles. The fourth-order valence-corrected chi connectivity index (χ4v) is 1.89. The second-order valence-corrected chi connectivity index (χ2v) is 3.75. The van der Waals surface area contributed by atoms with Crippen LogP contribution in [0.2, 0.25) is 0 Å². The Morgan fingerprint density at radius 1 is 1.57 bits per heavy atom. The van der Waals surface area contributed by atoms with Gasteiger partial charge in [-0.15, -0.1) is 0 Å². The topological polar surface area (TPSA) is 56.8 Å². The third-order valence-corrected chi connectivity index (χ3v) is 2.83. The smallest absolute Gasteiger partial charge is 0.164 e. The highest BCUT2D eigenvalue weighted by molar-refractivity contribution is 4.83. The molecule has 2 heterocycles. The van der Waals surface area contributed by atoms with Gasteiger partial charge >= 0.3 is 0 Å². The van der Waals surface area contributed by atoms with Gasteiger partial charge in [-0.25, -0.2) is 4.98 Å². The molecule has 0 saturated carbocycles. The van der Waals surface area contributed by atoms with Crippen molar-refractivity contribution in [2.24, 2.45) is 0 Å². The lowest BCUT2D eigenvalue weighted by molar-refractivity contribution is 0.190.